The maximum atomic E-state index is 12.9. The molecule has 0 fully saturated rings. The van der Waals surface area contributed by atoms with E-state index in [0.717, 1.165) is 23.5 Å². The van der Waals surface area contributed by atoms with Crippen molar-refractivity contribution in [3.05, 3.63) is 63.6 Å². The lowest BCUT2D eigenvalue weighted by Gasteiger charge is -2.04. The lowest BCUT2D eigenvalue weighted by atomic mass is 10.2. The van der Waals surface area contributed by atoms with Crippen molar-refractivity contribution in [1.82, 2.24) is 0 Å². The van der Waals surface area contributed by atoms with E-state index in [4.69, 9.17) is 0 Å². The molecule has 2 aromatic rings. The Morgan fingerprint density at radius 2 is 1.48 bits per heavy atom. The summed E-state index contributed by atoms with van der Waals surface area (Å²) in [7, 11) is 0. The van der Waals surface area contributed by atoms with Crippen molar-refractivity contribution in [1.29, 1.82) is 0 Å². The molecule has 0 heterocycles. The third kappa shape index (κ3) is 5.68. The standard InChI is InChI=1S/C7H4Br3F.C7H5Br2F/c1-3-4(8)2-5(11)7(10)6(3)9;8-6-2-1-5(4-10)3-7(6)9/h2H,1H3;1-3H,4H2. The van der Waals surface area contributed by atoms with Crippen molar-refractivity contribution in [3.8, 4) is 0 Å². The van der Waals surface area contributed by atoms with E-state index < -0.39 is 6.67 Å². The van der Waals surface area contributed by atoms with Gasteiger partial charge in [-0.2, -0.15) is 0 Å². The molecule has 0 amide bonds. The van der Waals surface area contributed by atoms with Crippen LogP contribution in [-0.2, 0) is 6.67 Å². The molecule has 0 spiro atoms. The molecular formula is C14H9Br5F2. The summed E-state index contributed by atoms with van der Waals surface area (Å²) in [5, 5.41) is 0. The highest BCUT2D eigenvalue weighted by atomic mass is 79.9. The number of rotatable bonds is 1. The van der Waals surface area contributed by atoms with Gasteiger partial charge >= 0.3 is 0 Å². The Hall–Kier alpha value is 0.700. The summed E-state index contributed by atoms with van der Waals surface area (Å²) in [4.78, 5) is 0. The van der Waals surface area contributed by atoms with Gasteiger partial charge in [0.25, 0.3) is 0 Å². The van der Waals surface area contributed by atoms with Crippen molar-refractivity contribution in [3.63, 3.8) is 0 Å². The molecular weight excluding hydrogens is 606 g/mol. The first kappa shape index (κ1) is 19.7. The van der Waals surface area contributed by atoms with E-state index in [2.05, 4.69) is 79.6 Å². The molecule has 2 rings (SSSR count). The van der Waals surface area contributed by atoms with Gasteiger partial charge in [-0.15, -0.1) is 0 Å². The predicted octanol–water partition coefficient (Wildman–Crippen LogP) is 8.10. The molecule has 0 saturated carbocycles. The van der Waals surface area contributed by atoms with Crippen LogP contribution in [0.15, 0.2) is 46.6 Å². The highest BCUT2D eigenvalue weighted by Gasteiger charge is 2.09. The number of alkyl halides is 1. The van der Waals surface area contributed by atoms with Gasteiger partial charge in [0, 0.05) is 17.9 Å². The average Bonchev–Trinajstić information content (AvgIpc) is 2.46. The van der Waals surface area contributed by atoms with Crippen molar-refractivity contribution in [2.75, 3.05) is 0 Å². The Kier molecular flexibility index (Phi) is 8.56. The number of benzene rings is 2. The van der Waals surface area contributed by atoms with Crippen LogP contribution in [0.5, 0.6) is 0 Å². The average molecular weight is 615 g/mol. The lowest BCUT2D eigenvalue weighted by Crippen LogP contribution is -1.85. The van der Waals surface area contributed by atoms with E-state index in [-0.39, 0.29) is 5.82 Å². The van der Waals surface area contributed by atoms with Crippen LogP contribution < -0.4 is 0 Å². The minimum absolute atomic E-state index is 0.269. The second-order valence-corrected chi connectivity index (χ2v) is 8.12. The molecule has 21 heavy (non-hydrogen) atoms. The van der Waals surface area contributed by atoms with E-state index in [1.54, 1.807) is 12.1 Å². The van der Waals surface area contributed by atoms with E-state index >= 15 is 0 Å². The SMILES string of the molecule is Cc1c(Br)cc(F)c(Br)c1Br.FCc1ccc(Br)c(Br)c1. The Balaban J connectivity index is 0.000000211. The third-order valence-electron chi connectivity index (χ3n) is 2.48. The Morgan fingerprint density at radius 3 is 2.00 bits per heavy atom. The summed E-state index contributed by atoms with van der Waals surface area (Å²) in [6.07, 6.45) is 0. The summed E-state index contributed by atoms with van der Waals surface area (Å²) in [5.41, 5.74) is 1.67. The molecule has 0 atom stereocenters. The first-order chi connectivity index (χ1) is 9.77. The fourth-order valence-corrected chi connectivity index (χ4v) is 3.43. The Bertz CT molecular complexity index is 617. The minimum atomic E-state index is -0.411. The fraction of sp³-hybridized carbons (Fsp3) is 0.143. The van der Waals surface area contributed by atoms with Crippen LogP contribution in [0.4, 0.5) is 8.78 Å². The van der Waals surface area contributed by atoms with Crippen LogP contribution in [0.25, 0.3) is 0 Å². The van der Waals surface area contributed by atoms with E-state index in [0.29, 0.717) is 10.0 Å². The van der Waals surface area contributed by atoms with Gasteiger partial charge in [-0.3, -0.25) is 0 Å². The van der Waals surface area contributed by atoms with Crippen molar-refractivity contribution in [2.45, 2.75) is 13.6 Å². The molecule has 0 aromatic heterocycles. The van der Waals surface area contributed by atoms with E-state index in [1.807, 2.05) is 13.0 Å². The molecule has 0 aliphatic rings. The second kappa shape index (κ2) is 9.11. The summed E-state index contributed by atoms with van der Waals surface area (Å²) in [5.74, 6) is -0.269. The molecule has 0 saturated heterocycles. The largest absolute Gasteiger partial charge is 0.246 e. The van der Waals surface area contributed by atoms with E-state index in [1.165, 1.54) is 6.07 Å². The van der Waals surface area contributed by atoms with Crippen molar-refractivity contribution < 1.29 is 8.78 Å². The minimum Gasteiger partial charge on any atom is -0.246 e. The van der Waals surface area contributed by atoms with Gasteiger partial charge in [0.1, 0.15) is 12.5 Å². The molecule has 2 aromatic carbocycles. The topological polar surface area (TPSA) is 0 Å². The summed E-state index contributed by atoms with van der Waals surface area (Å²) in [6, 6.07) is 6.75. The zero-order valence-electron chi connectivity index (χ0n) is 10.7. The molecule has 0 unspecified atom stereocenters. The fourth-order valence-electron chi connectivity index (χ4n) is 1.28. The smallest absolute Gasteiger partial charge is 0.139 e. The van der Waals surface area contributed by atoms with Crippen LogP contribution in [0.1, 0.15) is 11.1 Å². The van der Waals surface area contributed by atoms with Gasteiger partial charge < -0.3 is 0 Å². The molecule has 114 valence electrons. The maximum Gasteiger partial charge on any atom is 0.139 e. The van der Waals surface area contributed by atoms with Gasteiger partial charge in [-0.05, 0) is 100.0 Å². The maximum absolute atomic E-state index is 12.9. The molecule has 0 N–H and O–H groups in total. The molecule has 7 heteroatoms. The predicted molar refractivity (Wildman–Crippen MR) is 101 cm³/mol. The summed E-state index contributed by atoms with van der Waals surface area (Å²) in [6.45, 7) is 1.49. The highest BCUT2D eigenvalue weighted by Crippen LogP contribution is 2.33. The van der Waals surface area contributed by atoms with Crippen LogP contribution in [0.2, 0.25) is 0 Å². The van der Waals surface area contributed by atoms with Gasteiger partial charge in [0.05, 0.1) is 4.47 Å². The second-order valence-electron chi connectivity index (χ2n) is 3.98. The van der Waals surface area contributed by atoms with Gasteiger partial charge in [-0.25, -0.2) is 8.78 Å². The monoisotopic (exact) mass is 610 g/mol. The summed E-state index contributed by atoms with van der Waals surface area (Å²) < 4.78 is 28.7. The molecule has 0 aliphatic heterocycles. The number of halogens is 7. The van der Waals surface area contributed by atoms with E-state index in [9.17, 15) is 8.78 Å². The first-order valence-corrected chi connectivity index (χ1v) is 9.54. The lowest BCUT2D eigenvalue weighted by molar-refractivity contribution is 0.485. The Morgan fingerprint density at radius 1 is 0.857 bits per heavy atom. The van der Waals surface area contributed by atoms with Gasteiger partial charge in [0.2, 0.25) is 0 Å². The normalized spacial score (nSPS) is 10.1. The van der Waals surface area contributed by atoms with Crippen molar-refractivity contribution in [2.24, 2.45) is 0 Å². The highest BCUT2D eigenvalue weighted by molar-refractivity contribution is 9.13. The van der Waals surface area contributed by atoms with Gasteiger partial charge in [0.15, 0.2) is 0 Å². The molecule has 0 radical (unpaired) electrons. The van der Waals surface area contributed by atoms with Crippen molar-refractivity contribution >= 4 is 79.6 Å². The quantitative estimate of drug-likeness (QED) is 0.225. The molecule has 0 bridgehead atoms. The number of hydrogen-bond acceptors (Lipinski definition) is 0. The third-order valence-corrected chi connectivity index (χ3v) is 7.48. The number of hydrogen-bond donors (Lipinski definition) is 0. The molecule has 0 nitrogen and oxygen atoms in total. The van der Waals surface area contributed by atoms with Crippen LogP contribution >= 0.6 is 79.6 Å². The van der Waals surface area contributed by atoms with Crippen LogP contribution in [-0.4, -0.2) is 0 Å². The zero-order chi connectivity index (χ0) is 16.2. The summed E-state index contributed by atoms with van der Waals surface area (Å²) >= 11 is 16.2. The van der Waals surface area contributed by atoms with Crippen LogP contribution in [0.3, 0.4) is 0 Å². The first-order valence-electron chi connectivity index (χ1n) is 5.57. The Labute approximate surface area is 164 Å². The zero-order valence-corrected chi connectivity index (χ0v) is 18.6. The molecule has 0 aliphatic carbocycles. The van der Waals surface area contributed by atoms with Crippen LogP contribution in [0, 0.1) is 12.7 Å². The van der Waals surface area contributed by atoms with Gasteiger partial charge in [-0.1, -0.05) is 22.0 Å².